The predicted molar refractivity (Wildman–Crippen MR) is 112 cm³/mol. The molecule has 1 heterocycles. The Bertz CT molecular complexity index is 1100. The van der Waals surface area contributed by atoms with E-state index in [-0.39, 0.29) is 17.2 Å². The highest BCUT2D eigenvalue weighted by atomic mass is 35.5. The number of benzene rings is 2. The van der Waals surface area contributed by atoms with Crippen LogP contribution in [0.15, 0.2) is 41.3 Å². The van der Waals surface area contributed by atoms with E-state index in [1.807, 2.05) is 13.0 Å². The van der Waals surface area contributed by atoms with E-state index in [9.17, 15) is 16.8 Å². The van der Waals surface area contributed by atoms with E-state index in [2.05, 4.69) is 4.72 Å². The minimum atomic E-state index is -3.81. The highest BCUT2D eigenvalue weighted by molar-refractivity contribution is 7.92. The Balaban J connectivity index is 1.87. The van der Waals surface area contributed by atoms with Crippen LogP contribution in [0.25, 0.3) is 0 Å². The maximum absolute atomic E-state index is 12.8. The van der Waals surface area contributed by atoms with Crippen molar-refractivity contribution in [1.29, 1.82) is 0 Å². The first-order valence-electron chi connectivity index (χ1n) is 9.01. The molecule has 1 aliphatic heterocycles. The standard InChI is InChI=1S/C19H23ClN2O4S2/c1-3-10-27(23,24)22-9-8-15-5-7-18(11-16(15)13-22)21-28(25,26)19-12-17(20)6-4-14(19)2/h4-7,11-12,21H,3,8-10,13H2,1-2H3. The maximum Gasteiger partial charge on any atom is 0.262 e. The number of nitrogens with one attached hydrogen (secondary N) is 1. The van der Waals surface area contributed by atoms with Gasteiger partial charge >= 0.3 is 0 Å². The van der Waals surface area contributed by atoms with Crippen molar-refractivity contribution in [3.8, 4) is 0 Å². The minimum Gasteiger partial charge on any atom is -0.280 e. The molecule has 152 valence electrons. The van der Waals surface area contributed by atoms with Gasteiger partial charge in [-0.15, -0.1) is 0 Å². The largest absolute Gasteiger partial charge is 0.280 e. The first-order valence-corrected chi connectivity index (χ1v) is 12.5. The van der Waals surface area contributed by atoms with Crippen molar-refractivity contribution in [1.82, 2.24) is 4.31 Å². The van der Waals surface area contributed by atoms with Gasteiger partial charge in [0.1, 0.15) is 0 Å². The van der Waals surface area contributed by atoms with Crippen molar-refractivity contribution in [3.05, 3.63) is 58.1 Å². The van der Waals surface area contributed by atoms with Crippen LogP contribution in [0, 0.1) is 6.92 Å². The Morgan fingerprint density at radius 1 is 1.07 bits per heavy atom. The zero-order valence-corrected chi connectivity index (χ0v) is 18.2. The van der Waals surface area contributed by atoms with Crippen LogP contribution in [-0.2, 0) is 33.0 Å². The van der Waals surface area contributed by atoms with Gasteiger partial charge in [-0.25, -0.2) is 16.8 Å². The summed E-state index contributed by atoms with van der Waals surface area (Å²) in [6.45, 7) is 4.24. The fourth-order valence-corrected chi connectivity index (χ4v) is 6.33. The van der Waals surface area contributed by atoms with E-state index in [1.165, 1.54) is 10.4 Å². The number of nitrogens with zero attached hydrogens (tertiary/aromatic N) is 1. The number of rotatable bonds is 6. The summed E-state index contributed by atoms with van der Waals surface area (Å²) in [7, 11) is -7.11. The average molecular weight is 443 g/mol. The molecule has 6 nitrogen and oxygen atoms in total. The second kappa shape index (κ2) is 8.02. The lowest BCUT2D eigenvalue weighted by molar-refractivity contribution is 0.391. The quantitative estimate of drug-likeness (QED) is 0.741. The lowest BCUT2D eigenvalue weighted by atomic mass is 10.0. The molecule has 2 aromatic carbocycles. The molecule has 0 unspecified atom stereocenters. The van der Waals surface area contributed by atoms with Crippen molar-refractivity contribution in [2.45, 2.75) is 38.1 Å². The van der Waals surface area contributed by atoms with Crippen LogP contribution in [0.4, 0.5) is 5.69 Å². The summed E-state index contributed by atoms with van der Waals surface area (Å²) in [5.74, 6) is 0.114. The summed E-state index contributed by atoms with van der Waals surface area (Å²) in [6.07, 6.45) is 1.17. The Labute approximate surface area is 171 Å². The molecule has 0 saturated heterocycles. The van der Waals surface area contributed by atoms with Crippen molar-refractivity contribution in [2.75, 3.05) is 17.0 Å². The van der Waals surface area contributed by atoms with Gasteiger partial charge in [-0.1, -0.05) is 30.7 Å². The minimum absolute atomic E-state index is 0.114. The highest BCUT2D eigenvalue weighted by Gasteiger charge is 2.26. The normalized spacial score (nSPS) is 15.2. The number of anilines is 1. The molecule has 0 radical (unpaired) electrons. The number of fused-ring (bicyclic) bond motifs is 1. The summed E-state index contributed by atoms with van der Waals surface area (Å²) in [4.78, 5) is 0.116. The fraction of sp³-hybridized carbons (Fsp3) is 0.368. The van der Waals surface area contributed by atoms with Crippen LogP contribution in [0.1, 0.15) is 30.0 Å². The first-order chi connectivity index (χ1) is 13.1. The number of hydrogen-bond acceptors (Lipinski definition) is 4. The fourth-order valence-electron chi connectivity index (χ4n) is 3.29. The molecular formula is C19H23ClN2O4S2. The average Bonchev–Trinajstić information content (AvgIpc) is 2.62. The first kappa shape index (κ1) is 21.1. The van der Waals surface area contributed by atoms with Crippen molar-refractivity contribution >= 4 is 37.3 Å². The van der Waals surface area contributed by atoms with Crippen molar-refractivity contribution in [2.24, 2.45) is 0 Å². The molecule has 28 heavy (non-hydrogen) atoms. The van der Waals surface area contributed by atoms with Crippen LogP contribution >= 0.6 is 11.6 Å². The molecule has 0 atom stereocenters. The van der Waals surface area contributed by atoms with Gasteiger partial charge in [0.05, 0.1) is 10.6 Å². The molecule has 3 rings (SSSR count). The third-order valence-corrected chi connectivity index (χ3v) is 8.51. The second-order valence-electron chi connectivity index (χ2n) is 6.90. The van der Waals surface area contributed by atoms with Crippen LogP contribution in [-0.4, -0.2) is 33.4 Å². The Hall–Kier alpha value is -1.61. The topological polar surface area (TPSA) is 83.6 Å². The molecule has 0 bridgehead atoms. The lowest BCUT2D eigenvalue weighted by Crippen LogP contribution is -2.37. The predicted octanol–water partition coefficient (Wildman–Crippen LogP) is 3.55. The summed E-state index contributed by atoms with van der Waals surface area (Å²) >= 11 is 5.95. The summed E-state index contributed by atoms with van der Waals surface area (Å²) < 4.78 is 54.3. The van der Waals surface area contributed by atoms with E-state index in [4.69, 9.17) is 11.6 Å². The lowest BCUT2D eigenvalue weighted by Gasteiger charge is -2.28. The number of sulfonamides is 2. The maximum atomic E-state index is 12.8. The van der Waals surface area contributed by atoms with Gasteiger partial charge in [-0.2, -0.15) is 4.31 Å². The van der Waals surface area contributed by atoms with Gasteiger partial charge in [-0.3, -0.25) is 4.72 Å². The molecule has 0 aliphatic carbocycles. The van der Waals surface area contributed by atoms with Gasteiger partial charge in [-0.05, 0) is 60.7 Å². The van der Waals surface area contributed by atoms with E-state index in [1.54, 1.807) is 31.2 Å². The Morgan fingerprint density at radius 2 is 1.82 bits per heavy atom. The monoisotopic (exact) mass is 442 g/mol. The molecule has 1 N–H and O–H groups in total. The smallest absolute Gasteiger partial charge is 0.262 e. The Morgan fingerprint density at radius 3 is 2.54 bits per heavy atom. The van der Waals surface area contributed by atoms with Crippen LogP contribution in [0.3, 0.4) is 0 Å². The van der Waals surface area contributed by atoms with E-state index >= 15 is 0 Å². The molecule has 9 heteroatoms. The zero-order valence-electron chi connectivity index (χ0n) is 15.8. The molecule has 0 aromatic heterocycles. The van der Waals surface area contributed by atoms with Gasteiger partial charge < -0.3 is 0 Å². The number of hydrogen-bond donors (Lipinski definition) is 1. The van der Waals surface area contributed by atoms with E-state index in [0.29, 0.717) is 35.7 Å². The molecule has 2 aromatic rings. The number of halogens is 1. The van der Waals surface area contributed by atoms with Crippen LogP contribution in [0.5, 0.6) is 0 Å². The van der Waals surface area contributed by atoms with Crippen molar-refractivity contribution < 1.29 is 16.8 Å². The third-order valence-electron chi connectivity index (χ3n) is 4.73. The van der Waals surface area contributed by atoms with Gasteiger partial charge in [0, 0.05) is 23.8 Å². The van der Waals surface area contributed by atoms with Crippen LogP contribution in [0.2, 0.25) is 5.02 Å². The van der Waals surface area contributed by atoms with E-state index in [0.717, 1.165) is 11.1 Å². The van der Waals surface area contributed by atoms with Crippen LogP contribution < -0.4 is 4.72 Å². The molecule has 0 saturated carbocycles. The Kier molecular flexibility index (Phi) is 6.05. The summed E-state index contributed by atoms with van der Waals surface area (Å²) in [5.41, 5.74) is 2.83. The molecule has 0 fully saturated rings. The number of aryl methyl sites for hydroxylation is 1. The second-order valence-corrected chi connectivity index (χ2v) is 11.1. The van der Waals surface area contributed by atoms with E-state index < -0.39 is 20.0 Å². The van der Waals surface area contributed by atoms with Gasteiger partial charge in [0.25, 0.3) is 10.0 Å². The highest BCUT2D eigenvalue weighted by Crippen LogP contribution is 2.27. The summed E-state index contributed by atoms with van der Waals surface area (Å²) in [6, 6.07) is 9.96. The molecular weight excluding hydrogens is 420 g/mol. The molecule has 1 aliphatic rings. The summed E-state index contributed by atoms with van der Waals surface area (Å²) in [5, 5.41) is 0.341. The molecule has 0 spiro atoms. The third kappa shape index (κ3) is 4.51. The zero-order chi connectivity index (χ0) is 20.5. The molecule has 0 amide bonds. The SMILES string of the molecule is CCCS(=O)(=O)N1CCc2ccc(NS(=O)(=O)c3cc(Cl)ccc3C)cc2C1. The van der Waals surface area contributed by atoms with Gasteiger partial charge in [0.2, 0.25) is 10.0 Å². The van der Waals surface area contributed by atoms with Crippen molar-refractivity contribution in [3.63, 3.8) is 0 Å². The van der Waals surface area contributed by atoms with Gasteiger partial charge in [0.15, 0.2) is 0 Å².